The topological polar surface area (TPSA) is 43.6 Å². The third kappa shape index (κ3) is 5.36. The maximum Gasteiger partial charge on any atom is 0.164 e. The molecule has 4 heteroatoms. The van der Waals surface area contributed by atoms with E-state index < -0.39 is 0 Å². The summed E-state index contributed by atoms with van der Waals surface area (Å²) in [4.78, 5) is 15.7. The average molecular weight is 677 g/mol. The number of para-hydroxylation sites is 1. The minimum absolute atomic E-state index is 0.625. The maximum atomic E-state index is 5.31. The van der Waals surface area contributed by atoms with E-state index in [1.807, 2.05) is 18.2 Å². The van der Waals surface area contributed by atoms with Crippen molar-refractivity contribution in [3.63, 3.8) is 0 Å². The fourth-order valence-electron chi connectivity index (χ4n) is 7.61. The van der Waals surface area contributed by atoms with Gasteiger partial charge in [-0.1, -0.05) is 170 Å². The second-order valence-electron chi connectivity index (χ2n) is 13.2. The van der Waals surface area contributed by atoms with Gasteiger partial charge in [0.2, 0.25) is 0 Å². The van der Waals surface area contributed by atoms with Gasteiger partial charge in [0.05, 0.1) is 11.0 Å². The monoisotopic (exact) mass is 676 g/mol. The van der Waals surface area contributed by atoms with Crippen molar-refractivity contribution < 1.29 is 0 Å². The normalized spacial score (nSPS) is 11.4. The summed E-state index contributed by atoms with van der Waals surface area (Å²) in [6.45, 7) is 0. The van der Waals surface area contributed by atoms with E-state index in [2.05, 4.69) is 180 Å². The van der Waals surface area contributed by atoms with Gasteiger partial charge in [0, 0.05) is 38.5 Å². The Labute approximate surface area is 307 Å². The number of hydrogen-bond acceptors (Lipinski definition) is 3. The Morgan fingerprint density at radius 2 is 0.925 bits per heavy atom. The highest BCUT2D eigenvalue weighted by Crippen LogP contribution is 2.41. The lowest BCUT2D eigenvalue weighted by Gasteiger charge is -2.14. The SMILES string of the molecule is c1ccc(-c2nc(-c3ccc(-c4ccccc4)c(-c4ccccc4)c3)nc(-c3cccc4c3c3ccc5ccccc5c3n4-c3ccccc3)n2)cc1. The highest BCUT2D eigenvalue weighted by molar-refractivity contribution is 6.22. The molecule has 0 unspecified atom stereocenters. The van der Waals surface area contributed by atoms with Crippen LogP contribution in [0, 0.1) is 0 Å². The third-order valence-corrected chi connectivity index (χ3v) is 10.0. The van der Waals surface area contributed by atoms with E-state index in [0.717, 1.165) is 60.9 Å². The molecule has 2 aromatic heterocycles. The van der Waals surface area contributed by atoms with E-state index in [4.69, 9.17) is 15.0 Å². The minimum atomic E-state index is 0.625. The summed E-state index contributed by atoms with van der Waals surface area (Å²) in [7, 11) is 0. The molecule has 0 atom stereocenters. The zero-order valence-corrected chi connectivity index (χ0v) is 28.8. The molecule has 0 radical (unpaired) electrons. The van der Waals surface area contributed by atoms with Crippen LogP contribution in [0.2, 0.25) is 0 Å². The number of aromatic nitrogens is 4. The lowest BCUT2D eigenvalue weighted by Crippen LogP contribution is -2.01. The molecule has 0 spiro atoms. The molecule has 4 nitrogen and oxygen atoms in total. The first-order chi connectivity index (χ1) is 26.3. The molecule has 10 rings (SSSR count). The van der Waals surface area contributed by atoms with Gasteiger partial charge in [0.1, 0.15) is 0 Å². The second-order valence-corrected chi connectivity index (χ2v) is 13.2. The van der Waals surface area contributed by atoms with Gasteiger partial charge in [-0.15, -0.1) is 0 Å². The summed E-state index contributed by atoms with van der Waals surface area (Å²) in [5.41, 5.74) is 10.8. The first kappa shape index (κ1) is 30.6. The minimum Gasteiger partial charge on any atom is -0.309 e. The van der Waals surface area contributed by atoms with Crippen LogP contribution in [0.1, 0.15) is 0 Å². The predicted molar refractivity (Wildman–Crippen MR) is 219 cm³/mol. The van der Waals surface area contributed by atoms with Crippen molar-refractivity contribution >= 4 is 32.6 Å². The molecular formula is C49H32N4. The van der Waals surface area contributed by atoms with Crippen LogP contribution in [0.15, 0.2) is 194 Å². The van der Waals surface area contributed by atoms with E-state index >= 15 is 0 Å². The molecule has 0 aliphatic heterocycles. The van der Waals surface area contributed by atoms with Crippen LogP contribution in [0.25, 0.3) is 94.7 Å². The van der Waals surface area contributed by atoms with Crippen LogP contribution in [0.5, 0.6) is 0 Å². The van der Waals surface area contributed by atoms with Gasteiger partial charge in [-0.05, 0) is 51.9 Å². The fraction of sp³-hybridized carbons (Fsp3) is 0. The predicted octanol–water partition coefficient (Wildman–Crippen LogP) is 12.5. The fourth-order valence-corrected chi connectivity index (χ4v) is 7.61. The van der Waals surface area contributed by atoms with Gasteiger partial charge in [0.25, 0.3) is 0 Å². The molecule has 0 aliphatic rings. The van der Waals surface area contributed by atoms with Crippen molar-refractivity contribution in [2.24, 2.45) is 0 Å². The quantitative estimate of drug-likeness (QED) is 0.176. The highest BCUT2D eigenvalue weighted by atomic mass is 15.0. The van der Waals surface area contributed by atoms with Crippen molar-refractivity contribution in [1.82, 2.24) is 19.5 Å². The van der Waals surface area contributed by atoms with Crippen molar-refractivity contribution in [3.8, 4) is 62.1 Å². The molecule has 0 saturated heterocycles. The Bertz CT molecular complexity index is 2920. The van der Waals surface area contributed by atoms with Gasteiger partial charge < -0.3 is 4.57 Å². The Kier molecular flexibility index (Phi) is 7.43. The van der Waals surface area contributed by atoms with E-state index in [9.17, 15) is 0 Å². The summed E-state index contributed by atoms with van der Waals surface area (Å²) >= 11 is 0. The summed E-state index contributed by atoms with van der Waals surface area (Å²) in [6.07, 6.45) is 0. The van der Waals surface area contributed by atoms with Crippen LogP contribution < -0.4 is 0 Å². The first-order valence-corrected chi connectivity index (χ1v) is 17.9. The number of nitrogens with zero attached hydrogens (tertiary/aromatic N) is 4. The number of benzene rings is 8. The van der Waals surface area contributed by atoms with Crippen LogP contribution in [0.4, 0.5) is 0 Å². The lowest BCUT2D eigenvalue weighted by molar-refractivity contribution is 1.08. The van der Waals surface area contributed by atoms with Gasteiger partial charge in [-0.25, -0.2) is 15.0 Å². The smallest absolute Gasteiger partial charge is 0.164 e. The van der Waals surface area contributed by atoms with Gasteiger partial charge >= 0.3 is 0 Å². The first-order valence-electron chi connectivity index (χ1n) is 17.9. The molecule has 248 valence electrons. The van der Waals surface area contributed by atoms with E-state index in [1.54, 1.807) is 0 Å². The molecule has 0 fully saturated rings. The van der Waals surface area contributed by atoms with Gasteiger partial charge in [-0.2, -0.15) is 0 Å². The molecule has 0 aliphatic carbocycles. The van der Waals surface area contributed by atoms with Crippen LogP contribution in [0.3, 0.4) is 0 Å². The van der Waals surface area contributed by atoms with Crippen LogP contribution >= 0.6 is 0 Å². The largest absolute Gasteiger partial charge is 0.309 e. The Morgan fingerprint density at radius 3 is 1.64 bits per heavy atom. The molecular weight excluding hydrogens is 645 g/mol. The second kappa shape index (κ2) is 12.9. The Balaban J connectivity index is 1.25. The summed E-state index contributed by atoms with van der Waals surface area (Å²) < 4.78 is 2.38. The van der Waals surface area contributed by atoms with E-state index in [0.29, 0.717) is 17.5 Å². The standard InChI is InChI=1S/C49H32N4/c1-5-16-33(17-6-1)39-30-29-37(32-43(39)34-18-7-2-8-19-34)48-50-47(36-21-9-3-10-22-36)51-49(52-48)42-26-15-27-44-45(42)41-31-28-35-20-13-14-25-40(35)46(41)53(44)38-23-11-4-12-24-38/h1-32H. The van der Waals surface area contributed by atoms with E-state index in [1.165, 1.54) is 16.3 Å². The zero-order valence-electron chi connectivity index (χ0n) is 28.8. The number of hydrogen-bond donors (Lipinski definition) is 0. The van der Waals surface area contributed by atoms with Crippen molar-refractivity contribution in [3.05, 3.63) is 194 Å². The molecule has 2 heterocycles. The summed E-state index contributed by atoms with van der Waals surface area (Å²) in [5.74, 6) is 1.89. The molecule has 0 bridgehead atoms. The lowest BCUT2D eigenvalue weighted by atomic mass is 9.92. The van der Waals surface area contributed by atoms with Crippen molar-refractivity contribution in [2.75, 3.05) is 0 Å². The summed E-state index contributed by atoms with van der Waals surface area (Å²) in [6, 6.07) is 68.0. The summed E-state index contributed by atoms with van der Waals surface area (Å²) in [5, 5.41) is 4.66. The highest BCUT2D eigenvalue weighted by Gasteiger charge is 2.21. The Hall–Kier alpha value is -7.17. The molecule has 0 saturated carbocycles. The number of fused-ring (bicyclic) bond motifs is 5. The molecule has 0 N–H and O–H groups in total. The zero-order chi connectivity index (χ0) is 35.1. The maximum absolute atomic E-state index is 5.31. The molecule has 53 heavy (non-hydrogen) atoms. The molecule has 0 amide bonds. The average Bonchev–Trinajstić information content (AvgIpc) is 3.60. The molecule has 10 aromatic rings. The van der Waals surface area contributed by atoms with Crippen molar-refractivity contribution in [1.29, 1.82) is 0 Å². The van der Waals surface area contributed by atoms with Gasteiger partial charge in [-0.3, -0.25) is 0 Å². The van der Waals surface area contributed by atoms with Crippen LogP contribution in [-0.2, 0) is 0 Å². The van der Waals surface area contributed by atoms with E-state index in [-0.39, 0.29) is 0 Å². The van der Waals surface area contributed by atoms with Crippen molar-refractivity contribution in [2.45, 2.75) is 0 Å². The van der Waals surface area contributed by atoms with Crippen LogP contribution in [-0.4, -0.2) is 19.5 Å². The Morgan fingerprint density at radius 1 is 0.340 bits per heavy atom. The molecule has 8 aromatic carbocycles. The number of rotatable bonds is 6. The van der Waals surface area contributed by atoms with Gasteiger partial charge in [0.15, 0.2) is 17.5 Å². The third-order valence-electron chi connectivity index (χ3n) is 10.0.